The summed E-state index contributed by atoms with van der Waals surface area (Å²) in [7, 11) is 0. The highest BCUT2D eigenvalue weighted by Gasteiger charge is 2.28. The molecule has 0 amide bonds. The summed E-state index contributed by atoms with van der Waals surface area (Å²) in [6.07, 6.45) is 6.34. The molecule has 2 nitrogen and oxygen atoms in total. The Bertz CT molecular complexity index is 3540. The Balaban J connectivity index is 1.07. The molecule has 1 fully saturated rings. The topological polar surface area (TPSA) is 16.4 Å². The lowest BCUT2D eigenvalue weighted by Gasteiger charge is -2.29. The van der Waals surface area contributed by atoms with E-state index in [9.17, 15) is 0 Å². The smallest absolute Gasteiger partial charge is 0.159 e. The van der Waals surface area contributed by atoms with Crippen molar-refractivity contribution in [2.45, 2.75) is 38.0 Å². The van der Waals surface area contributed by atoms with E-state index in [1.165, 1.54) is 120 Å². The van der Waals surface area contributed by atoms with Crippen molar-refractivity contribution in [2.24, 2.45) is 0 Å². The third-order valence-corrected chi connectivity index (χ3v) is 14.2. The van der Waals surface area contributed by atoms with E-state index < -0.39 is 0 Å². The molecule has 11 aromatic rings. The Morgan fingerprint density at radius 3 is 1.42 bits per heavy atom. The predicted octanol–water partition coefficient (Wildman–Crippen LogP) is 18.1. The van der Waals surface area contributed by atoms with Crippen LogP contribution in [0.15, 0.2) is 211 Å². The first kappa shape index (κ1) is 36.9. The van der Waals surface area contributed by atoms with E-state index in [0.717, 1.165) is 33.6 Å². The van der Waals surface area contributed by atoms with Gasteiger partial charge in [-0.25, -0.2) is 0 Å². The van der Waals surface area contributed by atoms with Gasteiger partial charge in [-0.05, 0) is 115 Å². The van der Waals surface area contributed by atoms with Crippen LogP contribution in [0.4, 0.5) is 17.1 Å². The maximum absolute atomic E-state index is 7.22. The van der Waals surface area contributed by atoms with Crippen molar-refractivity contribution in [2.75, 3.05) is 4.90 Å². The molecular formula is C62H45NO. The Kier molecular flexibility index (Phi) is 8.65. The van der Waals surface area contributed by atoms with Crippen molar-refractivity contribution < 1.29 is 4.42 Å². The molecule has 0 unspecified atom stereocenters. The van der Waals surface area contributed by atoms with Gasteiger partial charge in [-0.3, -0.25) is 0 Å². The number of para-hydroxylation sites is 3. The molecule has 304 valence electrons. The van der Waals surface area contributed by atoms with E-state index in [0.29, 0.717) is 5.92 Å². The van der Waals surface area contributed by atoms with Crippen LogP contribution in [0.5, 0.6) is 0 Å². The van der Waals surface area contributed by atoms with Crippen molar-refractivity contribution in [1.29, 1.82) is 0 Å². The summed E-state index contributed by atoms with van der Waals surface area (Å²) in [6.45, 7) is 0. The summed E-state index contributed by atoms with van der Waals surface area (Å²) >= 11 is 0. The molecule has 0 saturated heterocycles. The first-order valence-electron chi connectivity index (χ1n) is 23.0. The van der Waals surface area contributed by atoms with E-state index in [-0.39, 0.29) is 0 Å². The second kappa shape index (κ2) is 15.0. The largest absolute Gasteiger partial charge is 0.454 e. The van der Waals surface area contributed by atoms with Gasteiger partial charge in [-0.1, -0.05) is 201 Å². The molecule has 0 radical (unpaired) electrons. The lowest BCUT2D eigenvalue weighted by Crippen LogP contribution is -2.11. The average Bonchev–Trinajstić information content (AvgIpc) is 3.76. The Morgan fingerprint density at radius 2 is 0.828 bits per heavy atom. The van der Waals surface area contributed by atoms with Crippen molar-refractivity contribution in [3.05, 3.63) is 212 Å². The third kappa shape index (κ3) is 5.72. The van der Waals surface area contributed by atoms with E-state index in [2.05, 4.69) is 211 Å². The van der Waals surface area contributed by atoms with Gasteiger partial charge in [0.25, 0.3) is 0 Å². The first-order valence-corrected chi connectivity index (χ1v) is 23.0. The fourth-order valence-corrected chi connectivity index (χ4v) is 11.4. The number of fused-ring (bicyclic) bond motifs is 13. The summed E-state index contributed by atoms with van der Waals surface area (Å²) in [4.78, 5) is 2.46. The molecule has 0 N–H and O–H groups in total. The average molecular weight is 820 g/mol. The molecule has 1 aromatic heterocycles. The zero-order chi connectivity index (χ0) is 42.1. The van der Waals surface area contributed by atoms with Crippen LogP contribution in [0.1, 0.15) is 43.6 Å². The monoisotopic (exact) mass is 819 g/mol. The molecule has 0 atom stereocenters. The van der Waals surface area contributed by atoms with Crippen molar-refractivity contribution >= 4 is 60.5 Å². The van der Waals surface area contributed by atoms with Crippen LogP contribution < -0.4 is 4.90 Å². The van der Waals surface area contributed by atoms with Gasteiger partial charge >= 0.3 is 0 Å². The van der Waals surface area contributed by atoms with Crippen LogP contribution in [-0.2, 0) is 0 Å². The van der Waals surface area contributed by atoms with Crippen LogP contribution in [0, 0.1) is 0 Å². The maximum Gasteiger partial charge on any atom is 0.159 e. The Hall–Kier alpha value is -7.68. The minimum Gasteiger partial charge on any atom is -0.454 e. The van der Waals surface area contributed by atoms with Gasteiger partial charge in [0.1, 0.15) is 5.58 Å². The van der Waals surface area contributed by atoms with Crippen molar-refractivity contribution in [1.82, 2.24) is 0 Å². The molecule has 0 aliphatic heterocycles. The van der Waals surface area contributed by atoms with Crippen molar-refractivity contribution in [3.8, 4) is 55.6 Å². The van der Waals surface area contributed by atoms with Gasteiger partial charge in [0.2, 0.25) is 0 Å². The summed E-state index contributed by atoms with van der Waals surface area (Å²) in [5.41, 5.74) is 19.0. The molecule has 2 heteroatoms. The van der Waals surface area contributed by atoms with Gasteiger partial charge in [-0.15, -0.1) is 0 Å². The van der Waals surface area contributed by atoms with Gasteiger partial charge in [-0.2, -0.15) is 0 Å². The summed E-state index contributed by atoms with van der Waals surface area (Å²) < 4.78 is 7.22. The van der Waals surface area contributed by atoms with Gasteiger partial charge in [0.15, 0.2) is 5.58 Å². The number of furan rings is 1. The standard InChI is InChI=1S/C62H45NO/c1-3-19-40(20-4-1)43-33-17-34-55-56-35-18-36-58(62(56)64-61(43)55)63(42-21-5-2-6-22-42)60-53-31-15-13-29-51(53)59(52-30-14-16-32-54(52)60)41-37-38-50-48-27-10-9-25-46(48)44-23-7-8-24-45(44)47-26-11-12-28-49(47)57(50)39-41/h2,5-18,21-40H,1,3-4,19-20H2. The highest BCUT2D eigenvalue weighted by atomic mass is 16.3. The van der Waals surface area contributed by atoms with E-state index >= 15 is 0 Å². The quantitative estimate of drug-likeness (QED) is 0.161. The highest BCUT2D eigenvalue weighted by Crippen LogP contribution is 2.53. The SMILES string of the molecule is c1ccc(N(c2c3ccccc3c(-c3ccc4c(c3)-c3ccccc3-c3ccccc3-c3ccccc3-4)c3ccccc23)c2cccc3c2oc2c(C4CCCCC4)cccc23)cc1. The van der Waals surface area contributed by atoms with E-state index in [1.54, 1.807) is 0 Å². The number of rotatable bonds is 5. The lowest BCUT2D eigenvalue weighted by molar-refractivity contribution is 0.442. The second-order valence-corrected chi connectivity index (χ2v) is 17.7. The van der Waals surface area contributed by atoms with Gasteiger partial charge in [0, 0.05) is 27.2 Å². The number of anilines is 3. The fourth-order valence-electron chi connectivity index (χ4n) is 11.4. The Morgan fingerprint density at radius 1 is 0.359 bits per heavy atom. The molecule has 2 aliphatic carbocycles. The molecule has 1 saturated carbocycles. The van der Waals surface area contributed by atoms with Crippen molar-refractivity contribution in [3.63, 3.8) is 0 Å². The first-order chi connectivity index (χ1) is 31.8. The number of nitrogens with zero attached hydrogens (tertiary/aromatic N) is 1. The van der Waals surface area contributed by atoms with Crippen LogP contribution in [0.2, 0.25) is 0 Å². The molecule has 10 aromatic carbocycles. The fraction of sp³-hybridized carbons (Fsp3) is 0.0968. The normalized spacial score (nSPS) is 13.6. The summed E-state index contributed by atoms with van der Waals surface area (Å²) in [6, 6.07) is 76.3. The van der Waals surface area contributed by atoms with Crippen LogP contribution in [0.3, 0.4) is 0 Å². The highest BCUT2D eigenvalue weighted by molar-refractivity contribution is 6.24. The molecule has 1 heterocycles. The maximum atomic E-state index is 7.22. The lowest BCUT2D eigenvalue weighted by atomic mass is 9.79. The van der Waals surface area contributed by atoms with Crippen LogP contribution in [0.25, 0.3) is 99.1 Å². The van der Waals surface area contributed by atoms with Crippen LogP contribution in [-0.4, -0.2) is 0 Å². The minimum atomic E-state index is 0.531. The van der Waals surface area contributed by atoms with Gasteiger partial charge < -0.3 is 9.32 Å². The molecule has 13 rings (SSSR count). The van der Waals surface area contributed by atoms with E-state index in [1.807, 2.05) is 0 Å². The Labute approximate surface area is 373 Å². The number of hydrogen-bond acceptors (Lipinski definition) is 2. The van der Waals surface area contributed by atoms with Gasteiger partial charge in [0.05, 0.1) is 11.4 Å². The molecule has 0 bridgehead atoms. The predicted molar refractivity (Wildman–Crippen MR) is 270 cm³/mol. The molecule has 64 heavy (non-hydrogen) atoms. The number of benzene rings is 10. The molecular weight excluding hydrogens is 775 g/mol. The second-order valence-electron chi connectivity index (χ2n) is 17.7. The molecule has 0 spiro atoms. The van der Waals surface area contributed by atoms with E-state index in [4.69, 9.17) is 4.42 Å². The number of hydrogen-bond donors (Lipinski definition) is 0. The third-order valence-electron chi connectivity index (χ3n) is 14.2. The zero-order valence-corrected chi connectivity index (χ0v) is 35.6. The zero-order valence-electron chi connectivity index (χ0n) is 35.6. The molecule has 2 aliphatic rings. The van der Waals surface area contributed by atoms with Crippen LogP contribution >= 0.6 is 0 Å². The summed E-state index contributed by atoms with van der Waals surface area (Å²) in [5.74, 6) is 0.531. The summed E-state index contributed by atoms with van der Waals surface area (Å²) in [5, 5.41) is 7.13. The minimum absolute atomic E-state index is 0.531.